The number of rotatable bonds is 3. The van der Waals surface area contributed by atoms with Crippen molar-refractivity contribution in [1.29, 1.82) is 0 Å². The molecule has 0 heterocycles. The molecule has 8 heteroatoms. The van der Waals surface area contributed by atoms with Gasteiger partial charge in [-0.1, -0.05) is 13.5 Å². The molecule has 0 aromatic heterocycles. The maximum Gasteiger partial charge on any atom is 0.287 e. The zero-order valence-corrected chi connectivity index (χ0v) is 8.68. The summed E-state index contributed by atoms with van der Waals surface area (Å²) in [4.78, 5) is 0. The van der Waals surface area contributed by atoms with Crippen molar-refractivity contribution >= 4 is 20.2 Å². The van der Waals surface area contributed by atoms with E-state index in [9.17, 15) is 16.8 Å². The second-order valence-electron chi connectivity index (χ2n) is 1.97. The predicted molar refractivity (Wildman–Crippen MR) is 48.5 cm³/mol. The van der Waals surface area contributed by atoms with E-state index in [1.807, 2.05) is 0 Å². The first-order chi connectivity index (χ1) is 5.62. The van der Waals surface area contributed by atoms with Gasteiger partial charge in [-0.25, -0.2) is 0 Å². The molecular formula is C5H12O6S2. The third-order valence-electron chi connectivity index (χ3n) is 0.673. The van der Waals surface area contributed by atoms with Gasteiger partial charge in [-0.3, -0.25) is 9.11 Å². The van der Waals surface area contributed by atoms with Gasteiger partial charge in [0.05, 0.1) is 11.2 Å². The highest BCUT2D eigenvalue weighted by Crippen LogP contribution is 1.83. The predicted octanol–water partition coefficient (Wildman–Crippen LogP) is 0.302. The SMILES string of the molecule is C=CS(=O)(=O)O.CCCS(=O)(=O)O. The lowest BCUT2D eigenvalue weighted by atomic mass is 10.6. The Balaban J connectivity index is 0. The minimum atomic E-state index is -3.90. The van der Waals surface area contributed by atoms with Crippen LogP contribution < -0.4 is 0 Å². The molecule has 0 unspecified atom stereocenters. The summed E-state index contributed by atoms with van der Waals surface area (Å²) in [6, 6.07) is 0. The van der Waals surface area contributed by atoms with E-state index in [2.05, 4.69) is 6.58 Å². The molecule has 0 radical (unpaired) electrons. The van der Waals surface area contributed by atoms with Gasteiger partial charge < -0.3 is 0 Å². The highest BCUT2D eigenvalue weighted by Gasteiger charge is 1.98. The normalized spacial score (nSPS) is 11.3. The molecule has 0 aliphatic heterocycles. The second-order valence-corrected chi connectivity index (χ2v) is 4.90. The summed E-state index contributed by atoms with van der Waals surface area (Å²) in [7, 11) is -7.57. The van der Waals surface area contributed by atoms with Crippen molar-refractivity contribution in [2.75, 3.05) is 5.75 Å². The van der Waals surface area contributed by atoms with E-state index in [1.54, 1.807) is 6.92 Å². The molecule has 2 N–H and O–H groups in total. The van der Waals surface area contributed by atoms with E-state index < -0.39 is 20.2 Å². The Bertz CT molecular complexity index is 312. The molecular weight excluding hydrogens is 220 g/mol. The smallest absolute Gasteiger partial charge is 0.286 e. The first-order valence-electron chi connectivity index (χ1n) is 3.17. The van der Waals surface area contributed by atoms with Crippen molar-refractivity contribution in [2.45, 2.75) is 13.3 Å². The summed E-state index contributed by atoms with van der Waals surface area (Å²) in [5.41, 5.74) is 0. The van der Waals surface area contributed by atoms with Crippen molar-refractivity contribution in [3.05, 3.63) is 12.0 Å². The average Bonchev–Trinajstić information content (AvgIpc) is 1.84. The summed E-state index contributed by atoms with van der Waals surface area (Å²) in [6.45, 7) is 4.48. The molecule has 0 aliphatic carbocycles. The van der Waals surface area contributed by atoms with Gasteiger partial charge in [0.2, 0.25) is 0 Å². The monoisotopic (exact) mass is 232 g/mol. The Kier molecular flexibility index (Phi) is 7.04. The van der Waals surface area contributed by atoms with Gasteiger partial charge >= 0.3 is 0 Å². The quantitative estimate of drug-likeness (QED) is 0.677. The highest BCUT2D eigenvalue weighted by atomic mass is 32.2. The van der Waals surface area contributed by atoms with Crippen molar-refractivity contribution in [3.63, 3.8) is 0 Å². The van der Waals surface area contributed by atoms with Crippen LogP contribution in [0.4, 0.5) is 0 Å². The zero-order chi connectivity index (χ0) is 11.1. The molecule has 0 bridgehead atoms. The molecule has 0 saturated heterocycles. The molecule has 6 nitrogen and oxygen atoms in total. The minimum Gasteiger partial charge on any atom is -0.286 e. The summed E-state index contributed by atoms with van der Waals surface area (Å²) < 4.78 is 54.1. The van der Waals surface area contributed by atoms with Gasteiger partial charge in [-0.05, 0) is 6.42 Å². The van der Waals surface area contributed by atoms with Crippen LogP contribution in [-0.4, -0.2) is 31.7 Å². The van der Waals surface area contributed by atoms with Crippen molar-refractivity contribution in [3.8, 4) is 0 Å². The van der Waals surface area contributed by atoms with Gasteiger partial charge in [-0.15, -0.1) is 0 Å². The molecule has 13 heavy (non-hydrogen) atoms. The molecule has 0 aromatic rings. The van der Waals surface area contributed by atoms with E-state index in [1.165, 1.54) is 0 Å². The average molecular weight is 232 g/mol. The van der Waals surface area contributed by atoms with Crippen LogP contribution in [0.1, 0.15) is 13.3 Å². The Morgan fingerprint density at radius 1 is 1.23 bits per heavy atom. The van der Waals surface area contributed by atoms with Crippen LogP contribution in [0.3, 0.4) is 0 Å². The molecule has 0 saturated carbocycles. The fourth-order valence-electron chi connectivity index (χ4n) is 0.258. The van der Waals surface area contributed by atoms with Gasteiger partial charge in [0, 0.05) is 0 Å². The summed E-state index contributed by atoms with van der Waals surface area (Å²) in [6.07, 6.45) is 0.471. The van der Waals surface area contributed by atoms with Gasteiger partial charge in [-0.2, -0.15) is 16.8 Å². The molecule has 0 atom stereocenters. The third kappa shape index (κ3) is 24.6. The van der Waals surface area contributed by atoms with Crippen molar-refractivity contribution in [2.24, 2.45) is 0 Å². The minimum absolute atomic E-state index is 0.132. The zero-order valence-electron chi connectivity index (χ0n) is 7.04. The number of hydrogen-bond acceptors (Lipinski definition) is 4. The van der Waals surface area contributed by atoms with Crippen LogP contribution in [0.2, 0.25) is 0 Å². The lowest BCUT2D eigenvalue weighted by Gasteiger charge is -1.85. The fraction of sp³-hybridized carbons (Fsp3) is 0.600. The van der Waals surface area contributed by atoms with Gasteiger partial charge in [0.15, 0.2) is 0 Å². The van der Waals surface area contributed by atoms with Crippen LogP contribution in [0.15, 0.2) is 12.0 Å². The Labute approximate surface area is 77.8 Å². The Hall–Kier alpha value is -0.440. The van der Waals surface area contributed by atoms with Crippen LogP contribution in [0.25, 0.3) is 0 Å². The second kappa shape index (κ2) is 6.08. The molecule has 0 spiro atoms. The highest BCUT2D eigenvalue weighted by molar-refractivity contribution is 7.88. The lowest BCUT2D eigenvalue weighted by molar-refractivity contribution is 0.482. The third-order valence-corrected chi connectivity index (χ3v) is 2.02. The molecule has 0 fully saturated rings. The van der Waals surface area contributed by atoms with E-state index in [0.29, 0.717) is 11.8 Å². The van der Waals surface area contributed by atoms with Gasteiger partial charge in [0.25, 0.3) is 20.2 Å². The first-order valence-corrected chi connectivity index (χ1v) is 6.28. The molecule has 0 amide bonds. The maximum atomic E-state index is 9.79. The molecule has 0 aromatic carbocycles. The topological polar surface area (TPSA) is 109 Å². The van der Waals surface area contributed by atoms with Crippen LogP contribution >= 0.6 is 0 Å². The lowest BCUT2D eigenvalue weighted by Crippen LogP contribution is -2.01. The summed E-state index contributed by atoms with van der Waals surface area (Å²) in [5.74, 6) is -0.132. The molecule has 0 rings (SSSR count). The van der Waals surface area contributed by atoms with Crippen LogP contribution in [-0.2, 0) is 20.2 Å². The largest absolute Gasteiger partial charge is 0.287 e. The summed E-state index contributed by atoms with van der Waals surface area (Å²) >= 11 is 0. The van der Waals surface area contributed by atoms with Crippen molar-refractivity contribution < 1.29 is 25.9 Å². The number of hydrogen-bond donors (Lipinski definition) is 2. The molecule has 0 aliphatic rings. The van der Waals surface area contributed by atoms with E-state index in [-0.39, 0.29) is 5.75 Å². The van der Waals surface area contributed by atoms with Crippen molar-refractivity contribution in [1.82, 2.24) is 0 Å². The van der Waals surface area contributed by atoms with Crippen LogP contribution in [0.5, 0.6) is 0 Å². The summed E-state index contributed by atoms with van der Waals surface area (Å²) in [5, 5.41) is 0.465. The maximum absolute atomic E-state index is 9.79. The standard InChI is InChI=1S/C3H8O3S.C2H4O3S/c1-2-3-7(4,5)6;1-2-6(3,4)5/h2-3H2,1H3,(H,4,5,6);2H,1H2,(H,3,4,5). The molecule has 80 valence electrons. The Morgan fingerprint density at radius 2 is 1.54 bits per heavy atom. The van der Waals surface area contributed by atoms with E-state index in [0.717, 1.165) is 0 Å². The fourth-order valence-corrected chi connectivity index (χ4v) is 0.774. The van der Waals surface area contributed by atoms with E-state index in [4.69, 9.17) is 9.11 Å². The van der Waals surface area contributed by atoms with E-state index >= 15 is 0 Å². The van der Waals surface area contributed by atoms with Gasteiger partial charge in [0.1, 0.15) is 0 Å². The first kappa shape index (κ1) is 15.1. The Morgan fingerprint density at radius 3 is 1.54 bits per heavy atom. The van der Waals surface area contributed by atoms with Crippen LogP contribution in [0, 0.1) is 0 Å².